The number of methoxy groups -OCH3 is 1. The molecule has 0 bridgehead atoms. The molecule has 2 heterocycles. The Labute approximate surface area is 192 Å². The fourth-order valence-corrected chi connectivity index (χ4v) is 5.14. The number of hydrogen-bond donors (Lipinski definition) is 1. The molecule has 0 radical (unpaired) electrons. The van der Waals surface area contributed by atoms with E-state index in [1.807, 2.05) is 48.0 Å². The molecule has 1 N–H and O–H groups in total. The highest BCUT2D eigenvalue weighted by Gasteiger charge is 2.38. The number of ether oxygens (including phenoxy) is 1. The van der Waals surface area contributed by atoms with Crippen LogP contribution in [-0.2, 0) is 17.7 Å². The van der Waals surface area contributed by atoms with Gasteiger partial charge >= 0.3 is 0 Å². The summed E-state index contributed by atoms with van der Waals surface area (Å²) >= 11 is 0. The minimum absolute atomic E-state index is 0.0504. The number of nitrogens with zero attached hydrogens (tertiary/aromatic N) is 2. The highest BCUT2D eigenvalue weighted by atomic mass is 16.5. The predicted octanol–water partition coefficient (Wildman–Crippen LogP) is 4.49. The van der Waals surface area contributed by atoms with E-state index in [2.05, 4.69) is 23.2 Å². The van der Waals surface area contributed by atoms with Crippen molar-refractivity contribution in [3.8, 4) is 5.75 Å². The number of amides is 1. The monoisotopic (exact) mass is 431 g/mol. The lowest BCUT2D eigenvalue weighted by Gasteiger charge is -2.42. The third-order valence-electron chi connectivity index (χ3n) is 6.76. The molecule has 32 heavy (non-hydrogen) atoms. The van der Waals surface area contributed by atoms with Crippen molar-refractivity contribution in [1.82, 2.24) is 14.8 Å². The molecule has 1 aliphatic carbocycles. The van der Waals surface area contributed by atoms with Gasteiger partial charge in [-0.2, -0.15) is 0 Å². The van der Waals surface area contributed by atoms with Gasteiger partial charge in [0.05, 0.1) is 13.0 Å². The second kappa shape index (κ2) is 8.47. The van der Waals surface area contributed by atoms with E-state index >= 15 is 0 Å². The summed E-state index contributed by atoms with van der Waals surface area (Å²) in [6, 6.07) is 13.2. The lowest BCUT2D eigenvalue weighted by molar-refractivity contribution is -0.134. The van der Waals surface area contributed by atoms with Crippen LogP contribution >= 0.6 is 0 Å². The second-order valence-electron chi connectivity index (χ2n) is 8.50. The molecule has 0 saturated heterocycles. The van der Waals surface area contributed by atoms with E-state index in [0.29, 0.717) is 37.4 Å². The van der Waals surface area contributed by atoms with Gasteiger partial charge in [-0.15, -0.1) is 0 Å². The Hall–Kier alpha value is -3.05. The number of H-pyrrole nitrogens is 1. The zero-order valence-corrected chi connectivity index (χ0v) is 18.9. The normalized spacial score (nSPS) is 21.4. The number of carbonyl (C=O) groups is 1. The summed E-state index contributed by atoms with van der Waals surface area (Å²) in [6.07, 6.45) is 4.84. The zero-order valence-electron chi connectivity index (χ0n) is 20.9. The molecule has 3 aromatic rings. The van der Waals surface area contributed by atoms with Gasteiger partial charge in [0.15, 0.2) is 0 Å². The third-order valence-corrected chi connectivity index (χ3v) is 6.76. The Morgan fingerprint density at radius 2 is 2.06 bits per heavy atom. The van der Waals surface area contributed by atoms with Gasteiger partial charge < -0.3 is 14.6 Å². The standard InChI is InChI=1S/C27H31N3O2/c1-4-29(5-2)27(31)20-13-23-22-10-7-11-24-26(22)19(15-28-24)14-25(23)30(17-20)16-18-8-6-9-21(12-18)32-3/h6-13,15,20,25,28H,4-5,14,16-17H2,1-3H3/t20-,25-/m1/s1/i16D2. The Morgan fingerprint density at radius 1 is 1.25 bits per heavy atom. The van der Waals surface area contributed by atoms with Crippen LogP contribution in [0, 0.1) is 5.92 Å². The number of aromatic nitrogens is 1. The molecule has 5 nitrogen and oxygen atoms in total. The van der Waals surface area contributed by atoms with Gasteiger partial charge in [-0.1, -0.05) is 30.3 Å². The molecule has 2 aliphatic rings. The van der Waals surface area contributed by atoms with Crippen molar-refractivity contribution in [2.24, 2.45) is 5.92 Å². The van der Waals surface area contributed by atoms with Crippen molar-refractivity contribution in [3.05, 3.63) is 71.4 Å². The minimum Gasteiger partial charge on any atom is -0.497 e. The van der Waals surface area contributed by atoms with Crippen LogP contribution in [0.15, 0.2) is 54.7 Å². The smallest absolute Gasteiger partial charge is 0.230 e. The first-order valence-electron chi connectivity index (χ1n) is 12.4. The van der Waals surface area contributed by atoms with Gasteiger partial charge in [-0.25, -0.2) is 0 Å². The molecular formula is C27H31N3O2. The van der Waals surface area contributed by atoms with Gasteiger partial charge in [0.25, 0.3) is 0 Å². The number of carbonyl (C=O) groups excluding carboxylic acids is 1. The lowest BCUT2D eigenvalue weighted by Crippen LogP contribution is -2.48. The fourth-order valence-electron chi connectivity index (χ4n) is 5.14. The van der Waals surface area contributed by atoms with Crippen molar-refractivity contribution < 1.29 is 12.3 Å². The maximum Gasteiger partial charge on any atom is 0.230 e. The van der Waals surface area contributed by atoms with Gasteiger partial charge in [0.2, 0.25) is 5.91 Å². The average Bonchev–Trinajstić information content (AvgIpc) is 3.28. The van der Waals surface area contributed by atoms with E-state index in [4.69, 9.17) is 4.74 Å². The fraction of sp³-hybridized carbons (Fsp3) is 0.370. The molecule has 0 saturated carbocycles. The maximum atomic E-state index is 13.5. The second-order valence-corrected chi connectivity index (χ2v) is 8.50. The Balaban J connectivity index is 1.65. The first-order chi connectivity index (χ1) is 16.4. The van der Waals surface area contributed by atoms with E-state index in [1.165, 1.54) is 10.9 Å². The maximum absolute atomic E-state index is 13.5. The Morgan fingerprint density at radius 3 is 2.84 bits per heavy atom. The number of aromatic amines is 1. The highest BCUT2D eigenvalue weighted by molar-refractivity contribution is 5.99. The lowest BCUT2D eigenvalue weighted by atomic mass is 9.79. The van der Waals surface area contributed by atoms with E-state index in [1.54, 1.807) is 19.2 Å². The van der Waals surface area contributed by atoms with Crippen LogP contribution < -0.4 is 4.74 Å². The number of hydrogen-bond acceptors (Lipinski definition) is 3. The summed E-state index contributed by atoms with van der Waals surface area (Å²) in [5.41, 5.74) is 4.93. The van der Waals surface area contributed by atoms with Crippen LogP contribution in [0.3, 0.4) is 0 Å². The van der Waals surface area contributed by atoms with E-state index in [9.17, 15) is 7.54 Å². The molecule has 0 unspecified atom stereocenters. The summed E-state index contributed by atoms with van der Waals surface area (Å²) in [5.74, 6) is 0.253. The molecule has 1 aliphatic heterocycles. The van der Waals surface area contributed by atoms with Gasteiger partial charge in [-0.3, -0.25) is 9.69 Å². The molecule has 166 valence electrons. The van der Waals surface area contributed by atoms with Crippen LogP contribution in [0.1, 0.15) is 33.3 Å². The number of fused-ring (bicyclic) bond motifs is 2. The van der Waals surface area contributed by atoms with Crippen LogP contribution in [0.4, 0.5) is 0 Å². The first kappa shape index (κ1) is 18.5. The minimum atomic E-state index is -1.79. The summed E-state index contributed by atoms with van der Waals surface area (Å²) in [5, 5.41) is 1.18. The first-order valence-corrected chi connectivity index (χ1v) is 11.4. The SMILES string of the molecule is [2H]C([2H])(c1cccc(OC)c1)N1C[C@H](C(=O)N(CC)CC)C=C2c3cccc4[nH]cc(c34)C[C@H]21. The largest absolute Gasteiger partial charge is 0.497 e. The van der Waals surface area contributed by atoms with Gasteiger partial charge in [0, 0.05) is 52.0 Å². The number of rotatable bonds is 6. The predicted molar refractivity (Wildman–Crippen MR) is 129 cm³/mol. The van der Waals surface area contributed by atoms with Crippen molar-refractivity contribution in [2.75, 3.05) is 26.7 Å². The van der Waals surface area contributed by atoms with Crippen molar-refractivity contribution in [2.45, 2.75) is 32.8 Å². The molecule has 2 atom stereocenters. The van der Waals surface area contributed by atoms with Crippen molar-refractivity contribution in [3.63, 3.8) is 0 Å². The molecule has 0 fully saturated rings. The Kier molecular flexibility index (Phi) is 4.90. The molecule has 5 rings (SSSR count). The zero-order chi connectivity index (χ0) is 24.0. The highest BCUT2D eigenvalue weighted by Crippen LogP contribution is 2.42. The van der Waals surface area contributed by atoms with E-state index in [0.717, 1.165) is 16.7 Å². The van der Waals surface area contributed by atoms with Crippen molar-refractivity contribution in [1.29, 1.82) is 0 Å². The summed E-state index contributed by atoms with van der Waals surface area (Å²) in [4.78, 5) is 20.6. The summed E-state index contributed by atoms with van der Waals surface area (Å²) in [6.45, 7) is 3.78. The van der Waals surface area contributed by atoms with Gasteiger partial charge in [0.1, 0.15) is 5.75 Å². The van der Waals surface area contributed by atoms with Crippen LogP contribution in [-0.4, -0.2) is 53.5 Å². The number of nitrogens with one attached hydrogen (secondary N) is 1. The molecule has 5 heteroatoms. The molecule has 0 spiro atoms. The quantitative estimate of drug-likeness (QED) is 0.626. The topological polar surface area (TPSA) is 48.6 Å². The molecule has 2 aromatic carbocycles. The van der Waals surface area contributed by atoms with E-state index < -0.39 is 12.4 Å². The Bertz CT molecular complexity index is 1260. The summed E-state index contributed by atoms with van der Waals surface area (Å²) in [7, 11) is 1.59. The number of benzene rings is 2. The van der Waals surface area contributed by atoms with Crippen LogP contribution in [0.5, 0.6) is 5.75 Å². The van der Waals surface area contributed by atoms with Crippen LogP contribution in [0.2, 0.25) is 0 Å². The molecule has 1 aromatic heterocycles. The third kappa shape index (κ3) is 3.51. The molecule has 1 amide bonds. The van der Waals surface area contributed by atoms with Crippen molar-refractivity contribution >= 4 is 22.4 Å². The molecular weight excluding hydrogens is 398 g/mol. The van der Waals surface area contributed by atoms with E-state index in [-0.39, 0.29) is 11.9 Å². The van der Waals surface area contributed by atoms with Gasteiger partial charge in [-0.05, 0) is 60.7 Å². The summed E-state index contributed by atoms with van der Waals surface area (Å²) < 4.78 is 23.9. The average molecular weight is 432 g/mol. The van der Waals surface area contributed by atoms with Crippen LogP contribution in [0.25, 0.3) is 16.5 Å².